The van der Waals surface area contributed by atoms with E-state index in [-0.39, 0.29) is 6.04 Å². The van der Waals surface area contributed by atoms with Crippen molar-refractivity contribution in [2.75, 3.05) is 6.54 Å². The first-order valence-electron chi connectivity index (χ1n) is 4.93. The number of pyridine rings is 1. The lowest BCUT2D eigenvalue weighted by Gasteiger charge is -2.22. The molecular weight excluding hydrogens is 176 g/mol. The Balaban J connectivity index is 2.14. The van der Waals surface area contributed by atoms with Gasteiger partial charge >= 0.3 is 0 Å². The molecule has 2 rings (SSSR count). The minimum Gasteiger partial charge on any atom is -0.309 e. The lowest BCUT2D eigenvalue weighted by molar-refractivity contribution is -0.120. The second kappa shape index (κ2) is 3.88. The van der Waals surface area contributed by atoms with E-state index in [1.807, 2.05) is 25.3 Å². The highest BCUT2D eigenvalue weighted by Crippen LogP contribution is 2.20. The molecule has 0 unspecified atom stereocenters. The van der Waals surface area contributed by atoms with E-state index < -0.39 is 0 Å². The highest BCUT2D eigenvalue weighted by molar-refractivity contribution is 5.80. The minimum absolute atomic E-state index is 0.171. The Hall–Kier alpha value is -1.22. The molecule has 3 nitrogen and oxygen atoms in total. The third kappa shape index (κ3) is 1.99. The zero-order chi connectivity index (χ0) is 9.97. The summed E-state index contributed by atoms with van der Waals surface area (Å²) in [5, 5.41) is 3.32. The number of piperidine rings is 1. The number of carbonyl (C=O) groups is 1. The van der Waals surface area contributed by atoms with E-state index in [0.717, 1.165) is 17.8 Å². The number of aromatic nitrogens is 1. The fourth-order valence-electron chi connectivity index (χ4n) is 1.71. The molecule has 1 aromatic rings. The van der Waals surface area contributed by atoms with Crippen LogP contribution in [-0.4, -0.2) is 17.3 Å². The van der Waals surface area contributed by atoms with E-state index in [4.69, 9.17) is 0 Å². The van der Waals surface area contributed by atoms with Gasteiger partial charge in [0.05, 0.1) is 0 Å². The largest absolute Gasteiger partial charge is 0.309 e. The van der Waals surface area contributed by atoms with Gasteiger partial charge in [0.2, 0.25) is 0 Å². The Bertz CT molecular complexity index is 332. The zero-order valence-corrected chi connectivity index (χ0v) is 8.29. The van der Waals surface area contributed by atoms with E-state index in [9.17, 15) is 4.79 Å². The molecule has 0 amide bonds. The van der Waals surface area contributed by atoms with Crippen LogP contribution in [0.2, 0.25) is 0 Å². The van der Waals surface area contributed by atoms with Gasteiger partial charge in [-0.1, -0.05) is 6.07 Å². The van der Waals surface area contributed by atoms with Crippen LogP contribution in [0, 0.1) is 6.92 Å². The summed E-state index contributed by atoms with van der Waals surface area (Å²) in [4.78, 5) is 15.5. The van der Waals surface area contributed by atoms with Crippen LogP contribution < -0.4 is 5.32 Å². The number of hydrogen-bond acceptors (Lipinski definition) is 3. The van der Waals surface area contributed by atoms with Gasteiger partial charge in [0.15, 0.2) is 0 Å². The zero-order valence-electron chi connectivity index (χ0n) is 8.29. The standard InChI is InChI=1S/C11H14N2O/c1-8-2-3-9(7-13-8)11-6-10(14)4-5-12-11/h2-3,7,11-12H,4-6H2,1H3/t11-/m0/s1. The summed E-state index contributed by atoms with van der Waals surface area (Å²) in [6.45, 7) is 2.75. The number of nitrogens with one attached hydrogen (secondary N) is 1. The topological polar surface area (TPSA) is 42.0 Å². The van der Waals surface area contributed by atoms with Crippen molar-refractivity contribution in [1.29, 1.82) is 0 Å². The van der Waals surface area contributed by atoms with Gasteiger partial charge in [-0.2, -0.15) is 0 Å². The van der Waals surface area contributed by atoms with E-state index in [0.29, 0.717) is 18.6 Å². The van der Waals surface area contributed by atoms with E-state index in [2.05, 4.69) is 10.3 Å². The Morgan fingerprint density at radius 1 is 1.50 bits per heavy atom. The van der Waals surface area contributed by atoms with Crippen molar-refractivity contribution in [3.63, 3.8) is 0 Å². The molecule has 1 fully saturated rings. The average Bonchev–Trinajstić information content (AvgIpc) is 2.19. The van der Waals surface area contributed by atoms with Gasteiger partial charge in [-0.3, -0.25) is 9.78 Å². The molecule has 1 saturated heterocycles. The summed E-state index contributed by atoms with van der Waals surface area (Å²) in [5.74, 6) is 0.342. The summed E-state index contributed by atoms with van der Waals surface area (Å²) in [7, 11) is 0. The number of ketones is 1. The number of nitrogens with zero attached hydrogens (tertiary/aromatic N) is 1. The van der Waals surface area contributed by atoms with Crippen LogP contribution in [0.4, 0.5) is 0 Å². The van der Waals surface area contributed by atoms with Crippen LogP contribution >= 0.6 is 0 Å². The first kappa shape index (κ1) is 9.34. The molecule has 3 heteroatoms. The molecule has 0 spiro atoms. The normalized spacial score (nSPS) is 22.4. The predicted molar refractivity (Wildman–Crippen MR) is 54.0 cm³/mol. The first-order valence-corrected chi connectivity index (χ1v) is 4.93. The fraction of sp³-hybridized carbons (Fsp3) is 0.455. The smallest absolute Gasteiger partial charge is 0.136 e. The number of Topliss-reactive ketones (excluding diaryl/α,β-unsaturated/α-hetero) is 1. The predicted octanol–water partition coefficient (Wildman–Crippen LogP) is 1.38. The molecule has 0 radical (unpaired) electrons. The maximum absolute atomic E-state index is 11.3. The monoisotopic (exact) mass is 190 g/mol. The summed E-state index contributed by atoms with van der Waals surface area (Å²) in [6.07, 6.45) is 3.12. The van der Waals surface area contributed by atoms with Gasteiger partial charge in [0.1, 0.15) is 5.78 Å². The minimum atomic E-state index is 0.171. The Morgan fingerprint density at radius 2 is 2.36 bits per heavy atom. The van der Waals surface area contributed by atoms with Crippen molar-refractivity contribution in [3.05, 3.63) is 29.6 Å². The molecule has 2 heterocycles. The maximum atomic E-state index is 11.3. The quantitative estimate of drug-likeness (QED) is 0.727. The number of rotatable bonds is 1. The highest BCUT2D eigenvalue weighted by Gasteiger charge is 2.19. The second-order valence-corrected chi connectivity index (χ2v) is 3.73. The highest BCUT2D eigenvalue weighted by atomic mass is 16.1. The molecule has 1 aliphatic heterocycles. The van der Waals surface area contributed by atoms with Crippen LogP contribution in [0.5, 0.6) is 0 Å². The van der Waals surface area contributed by atoms with Crippen molar-refractivity contribution in [2.24, 2.45) is 0 Å². The average molecular weight is 190 g/mol. The molecule has 74 valence electrons. The molecule has 0 bridgehead atoms. The number of aryl methyl sites for hydroxylation is 1. The molecule has 1 atom stereocenters. The number of hydrogen-bond donors (Lipinski definition) is 1. The Morgan fingerprint density at radius 3 is 3.00 bits per heavy atom. The van der Waals surface area contributed by atoms with Gasteiger partial charge in [0, 0.05) is 37.3 Å². The van der Waals surface area contributed by atoms with Crippen molar-refractivity contribution in [3.8, 4) is 0 Å². The molecule has 0 aliphatic carbocycles. The molecule has 0 aromatic carbocycles. The van der Waals surface area contributed by atoms with Gasteiger partial charge < -0.3 is 5.32 Å². The summed E-state index contributed by atoms with van der Waals surface area (Å²) in [5.41, 5.74) is 2.12. The number of carbonyl (C=O) groups excluding carboxylic acids is 1. The van der Waals surface area contributed by atoms with Crippen LogP contribution in [0.15, 0.2) is 18.3 Å². The van der Waals surface area contributed by atoms with Crippen LogP contribution in [0.25, 0.3) is 0 Å². The first-order chi connectivity index (χ1) is 6.75. The molecule has 1 aromatic heterocycles. The fourth-order valence-corrected chi connectivity index (χ4v) is 1.71. The molecule has 14 heavy (non-hydrogen) atoms. The summed E-state index contributed by atoms with van der Waals surface area (Å²) in [6, 6.07) is 4.19. The van der Waals surface area contributed by atoms with Gasteiger partial charge in [0.25, 0.3) is 0 Å². The van der Waals surface area contributed by atoms with Crippen LogP contribution in [0.1, 0.15) is 30.1 Å². The summed E-state index contributed by atoms with van der Waals surface area (Å²) < 4.78 is 0. The lowest BCUT2D eigenvalue weighted by atomic mass is 9.98. The Kier molecular flexibility index (Phi) is 2.59. The van der Waals surface area contributed by atoms with Gasteiger partial charge in [-0.15, -0.1) is 0 Å². The van der Waals surface area contributed by atoms with E-state index in [1.54, 1.807) is 0 Å². The molecule has 1 aliphatic rings. The Labute approximate surface area is 83.5 Å². The summed E-state index contributed by atoms with van der Waals surface area (Å²) >= 11 is 0. The van der Waals surface area contributed by atoms with Gasteiger partial charge in [-0.25, -0.2) is 0 Å². The second-order valence-electron chi connectivity index (χ2n) is 3.73. The molecule has 0 saturated carbocycles. The van der Waals surface area contributed by atoms with Gasteiger partial charge in [-0.05, 0) is 18.6 Å². The van der Waals surface area contributed by atoms with Crippen LogP contribution in [-0.2, 0) is 4.79 Å². The van der Waals surface area contributed by atoms with E-state index >= 15 is 0 Å². The van der Waals surface area contributed by atoms with Crippen molar-refractivity contribution in [1.82, 2.24) is 10.3 Å². The van der Waals surface area contributed by atoms with Crippen molar-refractivity contribution >= 4 is 5.78 Å². The molecule has 1 N–H and O–H groups in total. The third-order valence-electron chi connectivity index (χ3n) is 2.56. The van der Waals surface area contributed by atoms with Crippen molar-refractivity contribution in [2.45, 2.75) is 25.8 Å². The third-order valence-corrected chi connectivity index (χ3v) is 2.56. The SMILES string of the molecule is Cc1ccc([C@@H]2CC(=O)CCN2)cn1. The molecular formula is C11H14N2O. The van der Waals surface area contributed by atoms with Crippen molar-refractivity contribution < 1.29 is 4.79 Å². The van der Waals surface area contributed by atoms with Crippen LogP contribution in [0.3, 0.4) is 0 Å². The van der Waals surface area contributed by atoms with E-state index in [1.165, 1.54) is 0 Å². The lowest BCUT2D eigenvalue weighted by Crippen LogP contribution is -2.31. The maximum Gasteiger partial charge on any atom is 0.136 e.